The highest BCUT2D eigenvalue weighted by Gasteiger charge is 2.46. The Balaban J connectivity index is 1.42. The molecule has 2 fully saturated rings. The molecule has 1 spiro atoms. The Hall–Kier alpha value is -2.18. The number of thiophene rings is 1. The van der Waals surface area contributed by atoms with Crippen molar-refractivity contribution in [1.29, 1.82) is 0 Å². The zero-order chi connectivity index (χ0) is 21.3. The Bertz CT molecular complexity index is 1280. The van der Waals surface area contributed by atoms with Gasteiger partial charge in [-0.2, -0.15) is 5.10 Å². The van der Waals surface area contributed by atoms with Crippen LogP contribution in [0.15, 0.2) is 18.6 Å². The van der Waals surface area contributed by atoms with Gasteiger partial charge in [0.25, 0.3) is 0 Å². The quantitative estimate of drug-likeness (QED) is 0.421. The van der Waals surface area contributed by atoms with Gasteiger partial charge in [-0.25, -0.2) is 9.50 Å². The zero-order valence-corrected chi connectivity index (χ0v) is 19.7. The van der Waals surface area contributed by atoms with Gasteiger partial charge in [-0.1, -0.05) is 13.8 Å². The number of pyridine rings is 1. The molecule has 1 saturated carbocycles. The molecular formula is C25H31N5S. The first-order valence-electron chi connectivity index (χ1n) is 11.6. The number of aromatic amines is 1. The van der Waals surface area contributed by atoms with E-state index in [2.05, 4.69) is 60.3 Å². The van der Waals surface area contributed by atoms with Crippen molar-refractivity contribution in [2.75, 3.05) is 13.1 Å². The lowest BCUT2D eigenvalue weighted by Crippen LogP contribution is -2.44. The van der Waals surface area contributed by atoms with Crippen LogP contribution in [0.3, 0.4) is 0 Å². The number of hydrogen-bond donors (Lipinski definition) is 2. The second-order valence-electron chi connectivity index (χ2n) is 10.2. The molecular weight excluding hydrogens is 402 g/mol. The lowest BCUT2D eigenvalue weighted by molar-refractivity contribution is 0.0616. The summed E-state index contributed by atoms with van der Waals surface area (Å²) in [6, 6.07) is 2.24. The molecule has 5 heterocycles. The average Bonchev–Trinajstić information content (AvgIpc) is 3.41. The summed E-state index contributed by atoms with van der Waals surface area (Å²) in [6.07, 6.45) is 9.22. The minimum atomic E-state index is 0.453. The number of nitrogens with one attached hydrogen (secondary N) is 2. The molecule has 0 amide bonds. The third-order valence-electron chi connectivity index (χ3n) is 7.78. The summed E-state index contributed by atoms with van der Waals surface area (Å²) >= 11 is 2.01. The van der Waals surface area contributed by atoms with Crippen LogP contribution in [0.5, 0.6) is 0 Å². The molecule has 0 unspecified atom stereocenters. The summed E-state index contributed by atoms with van der Waals surface area (Å²) in [5.41, 5.74) is 8.11. The van der Waals surface area contributed by atoms with Gasteiger partial charge >= 0.3 is 0 Å². The van der Waals surface area contributed by atoms with Crippen LogP contribution in [0.2, 0.25) is 0 Å². The summed E-state index contributed by atoms with van der Waals surface area (Å²) in [5, 5.41) is 9.39. The fraction of sp³-hybridized carbons (Fsp3) is 0.520. The van der Waals surface area contributed by atoms with E-state index in [9.17, 15) is 0 Å². The minimum Gasteiger partial charge on any atom is -0.346 e. The molecule has 0 atom stereocenters. The van der Waals surface area contributed by atoms with Gasteiger partial charge in [0, 0.05) is 22.0 Å². The van der Waals surface area contributed by atoms with Crippen molar-refractivity contribution in [1.82, 2.24) is 24.9 Å². The number of aryl methyl sites for hydroxylation is 2. The lowest BCUT2D eigenvalue weighted by Gasteiger charge is -2.50. The van der Waals surface area contributed by atoms with E-state index in [1.54, 1.807) is 11.2 Å². The standard InChI is InChI=1S/C25H31N5S/c1-14(2)19-20-16(4)22(18-10-25(11-18)5-7-26-8-6-25)31-24(20)29-21(19)17-9-15(3)23-27-13-28-30(23)12-17/h9,12-14,18,26,29H,5-8,10-11H2,1-4H3. The van der Waals surface area contributed by atoms with Crippen LogP contribution in [0.1, 0.15) is 72.9 Å². The van der Waals surface area contributed by atoms with Gasteiger partial charge in [0.05, 0.1) is 5.69 Å². The summed E-state index contributed by atoms with van der Waals surface area (Å²) < 4.78 is 1.90. The van der Waals surface area contributed by atoms with E-state index < -0.39 is 0 Å². The maximum Gasteiger partial charge on any atom is 0.158 e. The predicted molar refractivity (Wildman–Crippen MR) is 128 cm³/mol. The second-order valence-corrected chi connectivity index (χ2v) is 11.2. The molecule has 5 nitrogen and oxygen atoms in total. The largest absolute Gasteiger partial charge is 0.346 e. The van der Waals surface area contributed by atoms with Gasteiger partial charge in [0.1, 0.15) is 11.2 Å². The van der Waals surface area contributed by atoms with Crippen molar-refractivity contribution in [3.8, 4) is 11.3 Å². The number of H-pyrrole nitrogens is 1. The predicted octanol–water partition coefficient (Wildman–Crippen LogP) is 5.93. The average molecular weight is 434 g/mol. The van der Waals surface area contributed by atoms with Crippen LogP contribution >= 0.6 is 11.3 Å². The fourth-order valence-electron chi connectivity index (χ4n) is 6.21. The molecule has 1 aliphatic heterocycles. The van der Waals surface area contributed by atoms with E-state index >= 15 is 0 Å². The van der Waals surface area contributed by atoms with Crippen LogP contribution in [0, 0.1) is 19.3 Å². The normalized spacial score (nSPS) is 19.1. The van der Waals surface area contributed by atoms with Crippen molar-refractivity contribution in [2.24, 2.45) is 5.41 Å². The van der Waals surface area contributed by atoms with Crippen LogP contribution < -0.4 is 5.32 Å². The number of nitrogens with zero attached hydrogens (tertiary/aromatic N) is 3. The van der Waals surface area contributed by atoms with Crippen molar-refractivity contribution >= 4 is 27.2 Å². The minimum absolute atomic E-state index is 0.453. The highest BCUT2D eigenvalue weighted by Crippen LogP contribution is 2.58. The summed E-state index contributed by atoms with van der Waals surface area (Å²) in [5.74, 6) is 1.20. The van der Waals surface area contributed by atoms with Crippen LogP contribution in [-0.4, -0.2) is 32.7 Å². The molecule has 6 rings (SSSR count). The maximum atomic E-state index is 4.39. The van der Waals surface area contributed by atoms with Gasteiger partial charge < -0.3 is 10.3 Å². The van der Waals surface area contributed by atoms with Crippen molar-refractivity contribution in [3.63, 3.8) is 0 Å². The summed E-state index contributed by atoms with van der Waals surface area (Å²) in [6.45, 7) is 11.5. The van der Waals surface area contributed by atoms with Gasteiger partial charge in [-0.05, 0) is 92.6 Å². The highest BCUT2D eigenvalue weighted by atomic mass is 32.1. The fourth-order valence-corrected chi connectivity index (χ4v) is 7.54. The molecule has 31 heavy (non-hydrogen) atoms. The molecule has 0 aromatic carbocycles. The van der Waals surface area contributed by atoms with Gasteiger partial charge in [0.15, 0.2) is 5.65 Å². The number of aromatic nitrogens is 4. The molecule has 2 aliphatic rings. The smallest absolute Gasteiger partial charge is 0.158 e. The van der Waals surface area contributed by atoms with E-state index in [1.807, 2.05) is 15.9 Å². The van der Waals surface area contributed by atoms with Crippen LogP contribution in [-0.2, 0) is 0 Å². The topological polar surface area (TPSA) is 58.0 Å². The van der Waals surface area contributed by atoms with E-state index in [0.29, 0.717) is 11.3 Å². The van der Waals surface area contributed by atoms with E-state index in [4.69, 9.17) is 0 Å². The monoisotopic (exact) mass is 433 g/mol. The molecule has 0 radical (unpaired) electrons. The molecule has 6 heteroatoms. The first kappa shape index (κ1) is 19.5. The van der Waals surface area contributed by atoms with E-state index in [1.165, 1.54) is 71.4 Å². The Morgan fingerprint density at radius 1 is 1.19 bits per heavy atom. The Morgan fingerprint density at radius 3 is 2.71 bits per heavy atom. The second kappa shape index (κ2) is 6.91. The lowest BCUT2D eigenvalue weighted by atomic mass is 9.57. The zero-order valence-electron chi connectivity index (χ0n) is 18.9. The summed E-state index contributed by atoms with van der Waals surface area (Å²) in [4.78, 5) is 11.2. The van der Waals surface area contributed by atoms with Gasteiger partial charge in [0.2, 0.25) is 0 Å². The Kier molecular flexibility index (Phi) is 4.35. The number of hydrogen-bond acceptors (Lipinski definition) is 4. The van der Waals surface area contributed by atoms with Crippen molar-refractivity contribution < 1.29 is 0 Å². The Labute approximate surface area is 187 Å². The molecule has 1 saturated heterocycles. The van der Waals surface area contributed by atoms with Gasteiger partial charge in [-0.15, -0.1) is 11.3 Å². The first-order valence-corrected chi connectivity index (χ1v) is 12.4. The molecule has 4 aromatic rings. The summed E-state index contributed by atoms with van der Waals surface area (Å²) in [7, 11) is 0. The van der Waals surface area contributed by atoms with Crippen molar-refractivity contribution in [3.05, 3.63) is 40.2 Å². The number of rotatable bonds is 3. The van der Waals surface area contributed by atoms with Crippen LogP contribution in [0.25, 0.3) is 27.1 Å². The molecule has 4 aromatic heterocycles. The highest BCUT2D eigenvalue weighted by molar-refractivity contribution is 7.19. The number of fused-ring (bicyclic) bond motifs is 2. The molecule has 1 aliphatic carbocycles. The third-order valence-corrected chi connectivity index (χ3v) is 9.15. The van der Waals surface area contributed by atoms with Crippen molar-refractivity contribution in [2.45, 2.75) is 65.2 Å². The van der Waals surface area contributed by atoms with Gasteiger partial charge in [-0.3, -0.25) is 0 Å². The van der Waals surface area contributed by atoms with E-state index in [0.717, 1.165) is 17.1 Å². The first-order chi connectivity index (χ1) is 15.0. The molecule has 2 N–H and O–H groups in total. The SMILES string of the molecule is Cc1c(C2CC3(CCNCC3)C2)sc2[nH]c(-c3cc(C)c4ncnn4c3)c(C(C)C)c12. The third kappa shape index (κ3) is 2.91. The maximum absolute atomic E-state index is 4.39. The Morgan fingerprint density at radius 2 is 1.97 bits per heavy atom. The molecule has 0 bridgehead atoms. The van der Waals surface area contributed by atoms with E-state index in [-0.39, 0.29) is 0 Å². The molecule has 162 valence electrons. The van der Waals surface area contributed by atoms with Crippen LogP contribution in [0.4, 0.5) is 0 Å². The number of piperidine rings is 1.